The van der Waals surface area contributed by atoms with Gasteiger partial charge >= 0.3 is 75.5 Å². The van der Waals surface area contributed by atoms with Crippen LogP contribution in [0.2, 0.25) is 0 Å². The van der Waals surface area contributed by atoms with Crippen molar-refractivity contribution in [3.8, 4) is 0 Å². The summed E-state index contributed by atoms with van der Waals surface area (Å²) in [4.78, 5) is 87.3. The zero-order valence-corrected chi connectivity index (χ0v) is 50.0. The van der Waals surface area contributed by atoms with E-state index >= 15 is 0 Å². The Hall–Kier alpha value is -3.44. The van der Waals surface area contributed by atoms with Crippen molar-refractivity contribution >= 4 is 47.6 Å². The van der Waals surface area contributed by atoms with Crippen molar-refractivity contribution in [1.29, 1.82) is 0 Å². The molecule has 0 aromatic heterocycles. The molecule has 0 unspecified atom stereocenters. The van der Waals surface area contributed by atoms with E-state index < -0.39 is 65.5 Å². The van der Waals surface area contributed by atoms with E-state index in [1.165, 1.54) is 13.8 Å². The summed E-state index contributed by atoms with van der Waals surface area (Å²) in [6.45, 7) is 23.5. The van der Waals surface area contributed by atoms with Gasteiger partial charge in [0.1, 0.15) is 22.9 Å². The van der Waals surface area contributed by atoms with Gasteiger partial charge in [0.25, 0.3) is 0 Å². The Morgan fingerprint density at radius 2 is 1.05 bits per heavy atom. The summed E-state index contributed by atoms with van der Waals surface area (Å²) in [6.07, 6.45) is 6.32. The molecule has 4 rings (SSSR count). The molecule has 2 aliphatic heterocycles. The Morgan fingerprint density at radius 1 is 0.671 bits per heavy atom. The zero-order valence-electron chi connectivity index (χ0n) is 46.9. The molecular weight excluding hydrogens is 1020 g/mol. The monoisotopic (exact) mass is 1110 g/mol. The number of carboxylic acids is 1. The van der Waals surface area contributed by atoms with Gasteiger partial charge in [-0.15, -0.1) is 0 Å². The van der Waals surface area contributed by atoms with Crippen LogP contribution in [0, 0.1) is 0 Å². The van der Waals surface area contributed by atoms with E-state index in [1.807, 2.05) is 6.08 Å². The summed E-state index contributed by atoms with van der Waals surface area (Å²) >= 11 is 0. The van der Waals surface area contributed by atoms with E-state index in [4.69, 9.17) is 49.3 Å². The molecule has 24 nitrogen and oxygen atoms in total. The summed E-state index contributed by atoms with van der Waals surface area (Å²) < 4.78 is 38.0. The number of amidine groups is 2. The fraction of sp³-hybridized carbons (Fsp3) is 0.765. The van der Waals surface area contributed by atoms with Crippen LogP contribution in [0.4, 0.5) is 9.59 Å². The van der Waals surface area contributed by atoms with Crippen molar-refractivity contribution in [2.75, 3.05) is 73.4 Å². The van der Waals surface area contributed by atoms with E-state index in [1.54, 1.807) is 82.6 Å². The average molecular weight is 1110 g/mol. The summed E-state index contributed by atoms with van der Waals surface area (Å²) in [7, 11) is 3.26. The van der Waals surface area contributed by atoms with Crippen molar-refractivity contribution in [2.24, 2.45) is 9.98 Å². The number of esters is 1. The summed E-state index contributed by atoms with van der Waals surface area (Å²) in [5.41, 5.74) is -0.615. The first-order chi connectivity index (χ1) is 34.8. The number of methoxy groups -OCH3 is 2. The van der Waals surface area contributed by atoms with E-state index in [2.05, 4.69) is 36.1 Å². The maximum Gasteiger partial charge on any atom is 1.00 e. The molecule has 0 aromatic carbocycles. The van der Waals surface area contributed by atoms with Gasteiger partial charge in [-0.3, -0.25) is 40.0 Å². The number of nitrogens with one attached hydrogen (secondary N) is 5. The second kappa shape index (κ2) is 36.7. The number of carboxylic acid groups (broad SMARTS) is 1. The molecule has 4 amide bonds. The average Bonchev–Trinajstić information content (AvgIpc) is 3.29. The number of aliphatic imine (C=N–C) groups is 2. The van der Waals surface area contributed by atoms with Gasteiger partial charge in [-0.25, -0.2) is 19.2 Å². The number of hydrogen-bond acceptors (Lipinski definition) is 18. The number of carbonyl (C=O) groups excluding carboxylic acids is 5. The number of likely N-dealkylation sites (tertiary alicyclic amines) is 2. The number of piperidine rings is 2. The Balaban J connectivity index is 0.00000140. The molecule has 0 spiro atoms. The number of hydrogen-bond donors (Lipinski definition) is 6. The normalized spacial score (nSPS) is 24.3. The second-order valence-corrected chi connectivity index (χ2v) is 20.3. The second-order valence-electron chi connectivity index (χ2n) is 20.3. The van der Waals surface area contributed by atoms with Crippen LogP contribution in [-0.2, 0) is 52.3 Å². The molecule has 7 N–H and O–H groups in total. The van der Waals surface area contributed by atoms with Crippen LogP contribution >= 0.6 is 0 Å². The zero-order chi connectivity index (χ0) is 55.8. The molecular formula is C51H90KN9O15. The predicted molar refractivity (Wildman–Crippen MR) is 283 cm³/mol. The molecule has 76 heavy (non-hydrogen) atoms. The SMILES string of the molecule is C.CCOC(=O)C1=C[C@@H](N2CCC[C@H](OCCOC)C2)[C@H](NC(C)=O)[C@@H](N=C(C)NC(=O)OC(C)(C)C)C1.COCCO[C@H]1CCCN([C@@H]2C=C(C(=O)O)C[C@H](N=C(C)NC(=O)OC(C)(C)C)[C@H]2NC(C)=O)C1.[K+].[NH-]O. The summed E-state index contributed by atoms with van der Waals surface area (Å²) in [6, 6.07) is -2.72. The maximum atomic E-state index is 12.8. The number of nitrogens with zero attached hydrogens (tertiary/aromatic N) is 4. The van der Waals surface area contributed by atoms with E-state index in [9.17, 15) is 33.9 Å². The van der Waals surface area contributed by atoms with Crippen molar-refractivity contribution in [2.45, 2.75) is 182 Å². The third kappa shape index (κ3) is 27.4. The van der Waals surface area contributed by atoms with Crippen molar-refractivity contribution in [3.05, 3.63) is 29.2 Å². The fourth-order valence-corrected chi connectivity index (χ4v) is 9.01. The molecule has 8 atom stereocenters. The minimum absolute atomic E-state index is 0. The minimum Gasteiger partial charge on any atom is -0.553 e. The molecule has 2 fully saturated rings. The minimum atomic E-state index is -1.03. The van der Waals surface area contributed by atoms with Crippen molar-refractivity contribution in [1.82, 2.24) is 31.1 Å². The molecule has 4 aliphatic rings. The number of alkyl carbamates (subject to hydrolysis) is 2. The van der Waals surface area contributed by atoms with Crippen LogP contribution in [0.25, 0.3) is 5.90 Å². The van der Waals surface area contributed by atoms with Gasteiger partial charge in [-0.2, -0.15) is 0 Å². The van der Waals surface area contributed by atoms with E-state index in [0.29, 0.717) is 50.9 Å². The summed E-state index contributed by atoms with van der Waals surface area (Å²) in [5.74, 6) is 3.49. The van der Waals surface area contributed by atoms with Gasteiger partial charge in [0.15, 0.2) is 0 Å². The standard InChI is InChI=1S/C26H44N4O7.C24H40N4O7.CH4.K.H2NO/c1-8-35-24(32)19-14-21(27-17(2)28-25(33)37-26(4,5)6)23(29-18(3)31)22(15-19)30-11-9-10-20(16-30)36-13-12-34-7;1-15(26-23(32)35-24(3,4)5)25-19-12-17(22(30)31)13-20(21(19)27-16(2)29)28-9-7-8-18(14-28)34-11-10-33-6;;;1-2/h15,20-23H,8-14,16H2,1-7H3,(H,29,31)(H,27,28,33);13,18-21H,7-12,14H2,1-6H3,(H,27,29)(H,30,31)(H,25,26,32);1H4;;1-2H/q;;;+1;-1/t20-,21-,22+,23+;18-,19-,20+,21+;;;/m00.../s1. The van der Waals surface area contributed by atoms with Crippen LogP contribution in [-0.4, -0.2) is 201 Å². The number of rotatable bonds is 17. The smallest absolute Gasteiger partial charge is 0.553 e. The van der Waals surface area contributed by atoms with Crippen LogP contribution in [0.15, 0.2) is 33.3 Å². The van der Waals surface area contributed by atoms with Gasteiger partial charge < -0.3 is 60.0 Å². The molecule has 2 heterocycles. The largest absolute Gasteiger partial charge is 1.00 e. The Kier molecular flexibility index (Phi) is 35.0. The molecule has 0 radical (unpaired) electrons. The van der Waals surface area contributed by atoms with Gasteiger partial charge in [-0.1, -0.05) is 19.6 Å². The fourth-order valence-electron chi connectivity index (χ4n) is 9.01. The number of amides is 4. The number of ether oxygens (including phenoxy) is 7. The third-order valence-corrected chi connectivity index (χ3v) is 11.7. The first kappa shape index (κ1) is 72.6. The van der Waals surface area contributed by atoms with E-state index in [0.717, 1.165) is 38.8 Å². The third-order valence-electron chi connectivity index (χ3n) is 11.7. The molecule has 430 valence electrons. The topological polar surface area (TPSA) is 311 Å². The first-order valence-corrected chi connectivity index (χ1v) is 25.2. The molecule has 0 saturated carbocycles. The van der Waals surface area contributed by atoms with Gasteiger partial charge in [0.05, 0.1) is 81.5 Å². The summed E-state index contributed by atoms with van der Waals surface area (Å²) in [5, 5.41) is 27.3. The first-order valence-electron chi connectivity index (χ1n) is 25.2. The number of carbonyl (C=O) groups is 6. The van der Waals surface area contributed by atoms with Crippen molar-refractivity contribution in [3.63, 3.8) is 0 Å². The van der Waals surface area contributed by atoms with Gasteiger partial charge in [0.2, 0.25) is 11.8 Å². The quantitative estimate of drug-likeness (QED) is 0.0231. The maximum absolute atomic E-state index is 12.8. The van der Waals surface area contributed by atoms with Crippen LogP contribution < -0.4 is 72.7 Å². The molecule has 25 heteroatoms. The number of aliphatic carboxylic acids is 1. The Labute approximate surface area is 493 Å². The van der Waals surface area contributed by atoms with Crippen LogP contribution in [0.3, 0.4) is 0 Å². The Bertz CT molecular complexity index is 1960. The molecule has 0 aromatic rings. The van der Waals surface area contributed by atoms with E-state index in [-0.39, 0.29) is 120 Å². The Morgan fingerprint density at radius 3 is 1.39 bits per heavy atom. The predicted octanol–water partition coefficient (Wildman–Crippen LogP) is 1.97. The molecule has 0 bridgehead atoms. The molecule has 2 saturated heterocycles. The van der Waals surface area contributed by atoms with Crippen LogP contribution in [0.1, 0.15) is 122 Å². The molecule has 2 aliphatic carbocycles. The van der Waals surface area contributed by atoms with Crippen LogP contribution in [0.5, 0.6) is 0 Å². The van der Waals surface area contributed by atoms with Gasteiger partial charge in [-0.05, 0) is 101 Å². The van der Waals surface area contributed by atoms with Crippen molar-refractivity contribution < 1.29 is 124 Å². The van der Waals surface area contributed by atoms with Gasteiger partial charge in [0, 0.05) is 65.1 Å².